The van der Waals surface area contributed by atoms with E-state index < -0.39 is 9.84 Å². The Morgan fingerprint density at radius 3 is 2.44 bits per heavy atom. The quantitative estimate of drug-likeness (QED) is 0.824. The Labute approximate surface area is 160 Å². The monoisotopic (exact) mass is 387 g/mol. The summed E-state index contributed by atoms with van der Waals surface area (Å²) in [6, 6.07) is 10.6. The lowest BCUT2D eigenvalue weighted by Gasteiger charge is -2.27. The third-order valence-corrected chi connectivity index (χ3v) is 5.45. The van der Waals surface area contributed by atoms with Gasteiger partial charge in [-0.3, -0.25) is 4.79 Å². The Morgan fingerprint density at radius 2 is 1.78 bits per heavy atom. The number of benzene rings is 1. The van der Waals surface area contributed by atoms with E-state index in [2.05, 4.69) is 15.2 Å². The highest BCUT2D eigenvalue weighted by Crippen LogP contribution is 2.18. The molecule has 1 fully saturated rings. The minimum Gasteiger partial charge on any atom is -0.357 e. The van der Waals surface area contributed by atoms with E-state index in [1.165, 1.54) is 25.5 Å². The van der Waals surface area contributed by atoms with Crippen LogP contribution in [0.5, 0.6) is 0 Å². The van der Waals surface area contributed by atoms with Gasteiger partial charge in [0, 0.05) is 37.7 Å². The summed E-state index contributed by atoms with van der Waals surface area (Å²) in [7, 11) is -3.08. The van der Waals surface area contributed by atoms with E-state index in [9.17, 15) is 13.2 Å². The number of piperidine rings is 1. The first-order valence-electron chi connectivity index (χ1n) is 9.15. The second-order valence-electron chi connectivity index (χ2n) is 7.02. The zero-order chi connectivity index (χ0) is 19.3. The lowest BCUT2D eigenvalue weighted by Crippen LogP contribution is -2.30. The number of sulfone groups is 1. The SMILES string of the molecule is CS(=O)(=O)Cc1ccc(C(=O)NCc2ccnc(N3CCCCC3)c2)cc1. The standard InChI is InChI=1S/C20H25N3O3S/c1-27(25,26)15-16-5-7-18(8-6-16)20(24)22-14-17-9-10-21-19(13-17)23-11-3-2-4-12-23/h5-10,13H,2-4,11-12,14-15H2,1H3,(H,22,24). The van der Waals surface area contributed by atoms with Gasteiger partial charge in [-0.1, -0.05) is 12.1 Å². The molecule has 0 saturated carbocycles. The van der Waals surface area contributed by atoms with Crippen LogP contribution in [0.15, 0.2) is 42.6 Å². The van der Waals surface area contributed by atoms with Gasteiger partial charge in [0.25, 0.3) is 5.91 Å². The number of nitrogens with zero attached hydrogens (tertiary/aromatic N) is 2. The summed E-state index contributed by atoms with van der Waals surface area (Å²) < 4.78 is 22.7. The molecule has 27 heavy (non-hydrogen) atoms. The number of nitrogens with one attached hydrogen (secondary N) is 1. The molecule has 1 aromatic carbocycles. The Bertz CT molecular complexity index is 889. The zero-order valence-electron chi connectivity index (χ0n) is 15.5. The molecule has 1 amide bonds. The number of carbonyl (C=O) groups is 1. The van der Waals surface area contributed by atoms with Crippen LogP contribution in [0.1, 0.15) is 40.7 Å². The lowest BCUT2D eigenvalue weighted by atomic mass is 10.1. The molecule has 0 unspecified atom stereocenters. The van der Waals surface area contributed by atoms with Gasteiger partial charge in [0.05, 0.1) is 5.75 Å². The number of hydrogen-bond donors (Lipinski definition) is 1. The Kier molecular flexibility index (Phi) is 6.11. The largest absolute Gasteiger partial charge is 0.357 e. The van der Waals surface area contributed by atoms with Crippen molar-refractivity contribution >= 4 is 21.6 Å². The highest BCUT2D eigenvalue weighted by atomic mass is 32.2. The molecular weight excluding hydrogens is 362 g/mol. The maximum atomic E-state index is 12.3. The van der Waals surface area contributed by atoms with Crippen LogP contribution in [0.3, 0.4) is 0 Å². The van der Waals surface area contributed by atoms with Gasteiger partial charge >= 0.3 is 0 Å². The van der Waals surface area contributed by atoms with E-state index >= 15 is 0 Å². The van der Waals surface area contributed by atoms with Gasteiger partial charge in [-0.05, 0) is 54.7 Å². The molecule has 1 aliphatic heterocycles. The van der Waals surface area contributed by atoms with Crippen LogP contribution in [-0.2, 0) is 22.1 Å². The summed E-state index contributed by atoms with van der Waals surface area (Å²) >= 11 is 0. The molecule has 1 saturated heterocycles. The molecule has 1 aliphatic rings. The summed E-state index contributed by atoms with van der Waals surface area (Å²) in [6.45, 7) is 2.48. The first kappa shape index (κ1) is 19.4. The number of anilines is 1. The van der Waals surface area contributed by atoms with Gasteiger partial charge in [0.15, 0.2) is 9.84 Å². The third-order valence-electron chi connectivity index (χ3n) is 4.59. The second kappa shape index (κ2) is 8.52. The smallest absolute Gasteiger partial charge is 0.251 e. The maximum absolute atomic E-state index is 12.3. The zero-order valence-corrected chi connectivity index (χ0v) is 16.3. The fraction of sp³-hybridized carbons (Fsp3) is 0.400. The molecule has 0 atom stereocenters. The molecule has 2 aromatic rings. The van der Waals surface area contributed by atoms with Gasteiger partial charge in [0.2, 0.25) is 0 Å². The number of aromatic nitrogens is 1. The molecule has 2 heterocycles. The van der Waals surface area contributed by atoms with Crippen molar-refractivity contribution in [3.05, 3.63) is 59.3 Å². The van der Waals surface area contributed by atoms with Crippen molar-refractivity contribution < 1.29 is 13.2 Å². The van der Waals surface area contributed by atoms with Crippen LogP contribution in [0, 0.1) is 0 Å². The van der Waals surface area contributed by atoms with Crippen LogP contribution in [0.25, 0.3) is 0 Å². The van der Waals surface area contributed by atoms with E-state index in [0.717, 1.165) is 24.5 Å². The molecule has 7 heteroatoms. The first-order valence-corrected chi connectivity index (χ1v) is 11.2. The molecule has 0 aliphatic carbocycles. The Balaban J connectivity index is 1.59. The minimum absolute atomic E-state index is 0.0226. The molecule has 0 bridgehead atoms. The summed E-state index contributed by atoms with van der Waals surface area (Å²) in [5.74, 6) is 0.759. The van der Waals surface area contributed by atoms with Crippen LogP contribution in [0.2, 0.25) is 0 Å². The van der Waals surface area contributed by atoms with Crippen molar-refractivity contribution in [2.24, 2.45) is 0 Å². The Morgan fingerprint density at radius 1 is 1.07 bits per heavy atom. The summed E-state index contributed by atoms with van der Waals surface area (Å²) in [5.41, 5.74) is 2.19. The van der Waals surface area contributed by atoms with Crippen LogP contribution >= 0.6 is 0 Å². The highest BCUT2D eigenvalue weighted by Gasteiger charge is 2.13. The maximum Gasteiger partial charge on any atom is 0.251 e. The summed E-state index contributed by atoms with van der Waals surface area (Å²) in [6.07, 6.45) is 6.64. The van der Waals surface area contributed by atoms with E-state index in [1.807, 2.05) is 12.1 Å². The summed E-state index contributed by atoms with van der Waals surface area (Å²) in [4.78, 5) is 19.1. The van der Waals surface area contributed by atoms with Crippen molar-refractivity contribution in [1.29, 1.82) is 0 Å². The second-order valence-corrected chi connectivity index (χ2v) is 9.16. The van der Waals surface area contributed by atoms with E-state index in [-0.39, 0.29) is 11.7 Å². The van der Waals surface area contributed by atoms with Gasteiger partial charge in [-0.15, -0.1) is 0 Å². The Hall–Kier alpha value is -2.41. The van der Waals surface area contributed by atoms with E-state index in [4.69, 9.17) is 0 Å². The topological polar surface area (TPSA) is 79.4 Å². The third kappa shape index (κ3) is 5.79. The predicted octanol–water partition coefficient (Wildman–Crippen LogP) is 2.55. The highest BCUT2D eigenvalue weighted by molar-refractivity contribution is 7.89. The molecule has 6 nitrogen and oxygen atoms in total. The van der Waals surface area contributed by atoms with Crippen LogP contribution in [-0.4, -0.2) is 38.7 Å². The number of amides is 1. The number of carbonyl (C=O) groups excluding carboxylic acids is 1. The lowest BCUT2D eigenvalue weighted by molar-refractivity contribution is 0.0951. The molecule has 144 valence electrons. The van der Waals surface area contributed by atoms with E-state index in [1.54, 1.807) is 30.5 Å². The number of hydrogen-bond acceptors (Lipinski definition) is 5. The van der Waals surface area contributed by atoms with Gasteiger partial charge in [0.1, 0.15) is 5.82 Å². The molecule has 1 N–H and O–H groups in total. The minimum atomic E-state index is -3.08. The average molecular weight is 388 g/mol. The first-order chi connectivity index (χ1) is 12.9. The molecule has 3 rings (SSSR count). The van der Waals surface area contributed by atoms with Crippen molar-refractivity contribution in [3.63, 3.8) is 0 Å². The van der Waals surface area contributed by atoms with Crippen LogP contribution in [0.4, 0.5) is 5.82 Å². The average Bonchev–Trinajstić information content (AvgIpc) is 2.66. The normalized spacial score (nSPS) is 14.8. The van der Waals surface area contributed by atoms with Crippen LogP contribution < -0.4 is 10.2 Å². The van der Waals surface area contributed by atoms with Gasteiger partial charge in [-0.2, -0.15) is 0 Å². The van der Waals surface area contributed by atoms with Gasteiger partial charge in [-0.25, -0.2) is 13.4 Å². The fourth-order valence-electron chi connectivity index (χ4n) is 3.21. The molecule has 0 spiro atoms. The van der Waals surface area contributed by atoms with Crippen molar-refractivity contribution in [3.8, 4) is 0 Å². The van der Waals surface area contributed by atoms with Crippen molar-refractivity contribution in [2.75, 3.05) is 24.2 Å². The van der Waals surface area contributed by atoms with Crippen molar-refractivity contribution in [1.82, 2.24) is 10.3 Å². The number of rotatable bonds is 6. The van der Waals surface area contributed by atoms with E-state index in [0.29, 0.717) is 17.7 Å². The number of pyridine rings is 1. The molecular formula is C20H25N3O3S. The molecule has 0 radical (unpaired) electrons. The predicted molar refractivity (Wildman–Crippen MR) is 106 cm³/mol. The van der Waals surface area contributed by atoms with Gasteiger partial charge < -0.3 is 10.2 Å². The van der Waals surface area contributed by atoms with Crippen molar-refractivity contribution in [2.45, 2.75) is 31.6 Å². The molecule has 1 aromatic heterocycles. The summed E-state index contributed by atoms with van der Waals surface area (Å²) in [5, 5.41) is 2.91. The fourth-order valence-corrected chi connectivity index (χ4v) is 4.00.